The number of unbranched alkanes of at least 4 members (excludes halogenated alkanes) is 11. The number of carbonyl (C=O) groups is 2. The number of H-pyrrole nitrogens is 1. The predicted octanol–water partition coefficient (Wildman–Crippen LogP) is 12.0. The highest BCUT2D eigenvalue weighted by Gasteiger charge is 2.25. The lowest BCUT2D eigenvalue weighted by Crippen LogP contribution is -2.32. The van der Waals surface area contributed by atoms with Crippen LogP contribution in [0.3, 0.4) is 0 Å². The largest absolute Gasteiger partial charge is 0.437 e. The van der Waals surface area contributed by atoms with Gasteiger partial charge in [-0.1, -0.05) is 119 Å². The van der Waals surface area contributed by atoms with E-state index in [1.807, 2.05) is 24.3 Å². The molecule has 3 aromatic rings. The maximum absolute atomic E-state index is 12.9. The Morgan fingerprint density at radius 3 is 2.12 bits per heavy atom. The molecule has 1 unspecified atom stereocenters. The van der Waals surface area contributed by atoms with Gasteiger partial charge in [0.2, 0.25) is 5.91 Å². The van der Waals surface area contributed by atoms with Crippen molar-refractivity contribution in [2.24, 2.45) is 0 Å². The Hall–Kier alpha value is -2.81. The van der Waals surface area contributed by atoms with E-state index in [0.717, 1.165) is 53.3 Å². The molecule has 262 valence electrons. The van der Waals surface area contributed by atoms with Gasteiger partial charge in [0.1, 0.15) is 10.9 Å². The average molecular weight is 716 g/mol. The van der Waals surface area contributed by atoms with Crippen LogP contribution in [0.5, 0.6) is 0 Å². The second-order valence-electron chi connectivity index (χ2n) is 12.5. The topological polar surface area (TPSA) is 97.0 Å². The number of allylic oxidation sites excluding steroid dienone is 2. The molecule has 0 aliphatic carbocycles. The Kier molecular flexibility index (Phi) is 18.8. The van der Waals surface area contributed by atoms with Gasteiger partial charge < -0.3 is 9.72 Å². The summed E-state index contributed by atoms with van der Waals surface area (Å²) < 4.78 is 5.83. The summed E-state index contributed by atoms with van der Waals surface area (Å²) in [6, 6.07) is 9.07. The normalized spacial score (nSPS) is 12.1. The summed E-state index contributed by atoms with van der Waals surface area (Å²) >= 11 is 13.9. The summed E-state index contributed by atoms with van der Waals surface area (Å²) in [4.78, 5) is 38.7. The van der Waals surface area contributed by atoms with Crippen molar-refractivity contribution in [3.8, 4) is 0 Å². The van der Waals surface area contributed by atoms with E-state index in [1.165, 1.54) is 63.1 Å². The second kappa shape index (κ2) is 22.8. The Labute approximate surface area is 301 Å². The fourth-order valence-corrected chi connectivity index (χ4v) is 7.12. The summed E-state index contributed by atoms with van der Waals surface area (Å²) in [5.41, 5.74) is 1.82. The number of rotatable bonds is 22. The average Bonchev–Trinajstić information content (AvgIpc) is 3.46. The Balaban J connectivity index is 1.46. The van der Waals surface area contributed by atoms with Crippen LogP contribution in [0.25, 0.3) is 0 Å². The number of imidazole rings is 1. The highest BCUT2D eigenvalue weighted by atomic mass is 35.5. The summed E-state index contributed by atoms with van der Waals surface area (Å²) in [5, 5.41) is 4.22. The molecule has 7 nitrogen and oxygen atoms in total. The minimum Gasteiger partial charge on any atom is -0.437 e. The Bertz CT molecular complexity index is 1390. The van der Waals surface area contributed by atoms with Crippen molar-refractivity contribution in [2.75, 3.05) is 0 Å². The molecule has 0 bridgehead atoms. The van der Waals surface area contributed by atoms with Gasteiger partial charge in [-0.05, 0) is 73.9 Å². The number of imide groups is 1. The lowest BCUT2D eigenvalue weighted by molar-refractivity contribution is -0.120. The van der Waals surface area contributed by atoms with Crippen LogP contribution in [0.15, 0.2) is 64.8 Å². The number of hydrogen-bond acceptors (Lipinski definition) is 6. The van der Waals surface area contributed by atoms with E-state index in [4.69, 9.17) is 32.9 Å². The summed E-state index contributed by atoms with van der Waals surface area (Å²) in [5.74, 6) is 0.273. The van der Waals surface area contributed by atoms with E-state index in [1.54, 1.807) is 18.5 Å². The Morgan fingerprint density at radius 2 is 1.50 bits per heavy atom. The quantitative estimate of drug-likeness (QED) is 0.0794. The molecule has 0 spiro atoms. The van der Waals surface area contributed by atoms with E-state index in [9.17, 15) is 9.59 Å². The number of aromatic amines is 1. The molecule has 2 amide bonds. The fourth-order valence-electron chi connectivity index (χ4n) is 5.33. The molecule has 3 rings (SSSR count). The molecule has 2 heterocycles. The van der Waals surface area contributed by atoms with Crippen LogP contribution in [-0.2, 0) is 16.0 Å². The molecule has 1 aromatic carbocycles. The monoisotopic (exact) mass is 714 g/mol. The van der Waals surface area contributed by atoms with Crippen molar-refractivity contribution < 1.29 is 14.3 Å². The zero-order valence-electron chi connectivity index (χ0n) is 28.7. The lowest BCUT2D eigenvalue weighted by atomic mass is 10.1. The molecular formula is C38H52Cl2N4O3S. The van der Waals surface area contributed by atoms with Crippen molar-refractivity contribution in [3.05, 3.63) is 82.0 Å². The van der Waals surface area contributed by atoms with Crippen molar-refractivity contribution in [2.45, 2.75) is 139 Å². The number of nitrogens with one attached hydrogen (secondary N) is 2. The van der Waals surface area contributed by atoms with Gasteiger partial charge in [0.25, 0.3) is 0 Å². The molecule has 48 heavy (non-hydrogen) atoms. The number of aromatic nitrogens is 3. The van der Waals surface area contributed by atoms with E-state index in [-0.39, 0.29) is 18.2 Å². The first-order valence-electron chi connectivity index (χ1n) is 17.5. The van der Waals surface area contributed by atoms with Crippen molar-refractivity contribution in [1.82, 2.24) is 20.3 Å². The smallest absolute Gasteiger partial charge is 0.414 e. The predicted molar refractivity (Wildman–Crippen MR) is 198 cm³/mol. The van der Waals surface area contributed by atoms with Gasteiger partial charge in [0, 0.05) is 40.2 Å². The van der Waals surface area contributed by atoms with Crippen LogP contribution in [0.4, 0.5) is 4.79 Å². The number of halogens is 2. The zero-order valence-corrected chi connectivity index (χ0v) is 31.1. The first-order chi connectivity index (χ1) is 23.2. The van der Waals surface area contributed by atoms with Crippen molar-refractivity contribution >= 4 is 47.0 Å². The van der Waals surface area contributed by atoms with Gasteiger partial charge in [0.15, 0.2) is 6.10 Å². The summed E-state index contributed by atoms with van der Waals surface area (Å²) in [6.45, 7) is 6.38. The number of ether oxygens (including phenoxy) is 1. The van der Waals surface area contributed by atoms with E-state index in [0.29, 0.717) is 22.3 Å². The summed E-state index contributed by atoms with van der Waals surface area (Å²) in [7, 11) is 0. The highest BCUT2D eigenvalue weighted by molar-refractivity contribution is 7.99. The van der Waals surface area contributed by atoms with Gasteiger partial charge in [-0.3, -0.25) is 15.1 Å². The van der Waals surface area contributed by atoms with Crippen LogP contribution in [-0.4, -0.2) is 27.0 Å². The number of hydrogen-bond donors (Lipinski definition) is 2. The van der Waals surface area contributed by atoms with Crippen LogP contribution in [0.2, 0.25) is 10.0 Å². The van der Waals surface area contributed by atoms with Crippen LogP contribution < -0.4 is 5.32 Å². The first-order valence-corrected chi connectivity index (χ1v) is 19.1. The molecule has 2 N–H and O–H groups in total. The molecule has 0 radical (unpaired) electrons. The van der Waals surface area contributed by atoms with Gasteiger partial charge >= 0.3 is 6.09 Å². The third kappa shape index (κ3) is 15.6. The summed E-state index contributed by atoms with van der Waals surface area (Å²) in [6.07, 6.45) is 22.5. The molecule has 1 atom stereocenters. The minimum atomic E-state index is -0.787. The molecular weight excluding hydrogens is 663 g/mol. The van der Waals surface area contributed by atoms with Crippen LogP contribution in [0, 0.1) is 0 Å². The standard InChI is InChI=1S/C38H52Cl2N4O3S/c1-4-5-6-7-8-9-10-11-12-13-14-15-16-17-18-19-34(45)42-38(46)47-33(24-29-20-22-41-23-21-29)36-43-35(28(2)3)37(44-36)48-32-26-30(39)25-31(40)27-32/h11-12,20-23,25-28,33H,4-10,13-19,24H2,1-3H3,(H,43,44)(H,42,45,46). The SMILES string of the molecule is CCCCCCCCC=CCCCCCCCC(=O)NC(=O)OC(Cc1ccncc1)c1nc(Sc2cc(Cl)cc(Cl)c2)c(C(C)C)[nH]1. The zero-order chi connectivity index (χ0) is 34.6. The number of alkyl carbamates (subject to hydrolysis) is 1. The fraction of sp³-hybridized carbons (Fsp3) is 0.526. The molecule has 2 aromatic heterocycles. The van der Waals surface area contributed by atoms with E-state index in [2.05, 4.69) is 48.2 Å². The van der Waals surface area contributed by atoms with Crippen molar-refractivity contribution in [3.63, 3.8) is 0 Å². The molecule has 0 aliphatic heterocycles. The minimum absolute atomic E-state index is 0.117. The van der Waals surface area contributed by atoms with Crippen molar-refractivity contribution in [1.29, 1.82) is 0 Å². The van der Waals surface area contributed by atoms with Gasteiger partial charge in [-0.25, -0.2) is 9.78 Å². The Morgan fingerprint density at radius 1 is 0.896 bits per heavy atom. The van der Waals surface area contributed by atoms with Gasteiger partial charge in [-0.2, -0.15) is 0 Å². The van der Waals surface area contributed by atoms with E-state index < -0.39 is 12.2 Å². The highest BCUT2D eigenvalue weighted by Crippen LogP contribution is 2.36. The number of carbonyl (C=O) groups excluding carboxylic acids is 2. The maximum atomic E-state index is 12.9. The molecule has 0 fully saturated rings. The molecule has 0 saturated heterocycles. The van der Waals surface area contributed by atoms with Crippen LogP contribution in [0.1, 0.15) is 140 Å². The molecule has 0 saturated carbocycles. The number of pyridine rings is 1. The van der Waals surface area contributed by atoms with Crippen LogP contribution >= 0.6 is 35.0 Å². The first kappa shape index (κ1) is 39.6. The maximum Gasteiger partial charge on any atom is 0.414 e. The number of nitrogens with zero attached hydrogens (tertiary/aromatic N) is 2. The number of amides is 2. The molecule has 10 heteroatoms. The van der Waals surface area contributed by atoms with E-state index >= 15 is 0 Å². The lowest BCUT2D eigenvalue weighted by Gasteiger charge is -2.16. The number of benzene rings is 1. The van der Waals surface area contributed by atoms with Gasteiger partial charge in [0.05, 0.1) is 5.69 Å². The second-order valence-corrected chi connectivity index (χ2v) is 14.5. The third-order valence-corrected chi connectivity index (χ3v) is 9.39. The third-order valence-electron chi connectivity index (χ3n) is 7.97. The van der Waals surface area contributed by atoms with Gasteiger partial charge in [-0.15, -0.1) is 0 Å². The molecule has 0 aliphatic rings.